The average molecular weight is 316 g/mol. The minimum absolute atomic E-state index is 0.193. The maximum Gasteiger partial charge on any atom is 0.338 e. The molecule has 2 aliphatic rings. The number of allylic oxidation sites excluding steroid dienone is 1. The van der Waals surface area contributed by atoms with Crippen molar-refractivity contribution in [2.75, 3.05) is 6.61 Å². The van der Waals surface area contributed by atoms with Crippen LogP contribution < -0.4 is 0 Å². The van der Waals surface area contributed by atoms with Crippen LogP contribution in [0.5, 0.6) is 5.75 Å². The third kappa shape index (κ3) is 2.50. The number of thioether (sulfide) groups is 1. The Kier molecular flexibility index (Phi) is 3.94. The Bertz CT molecular complexity index is 692. The molecule has 0 aliphatic carbocycles. The molecule has 0 amide bonds. The summed E-state index contributed by atoms with van der Waals surface area (Å²) in [6.45, 7) is 3.93. The molecule has 1 unspecified atom stereocenters. The molecule has 114 valence electrons. The van der Waals surface area contributed by atoms with E-state index in [4.69, 9.17) is 4.74 Å². The normalized spacial score (nSPS) is 20.0. The molecule has 1 N–H and O–H groups in total. The van der Waals surface area contributed by atoms with E-state index < -0.39 is 0 Å². The van der Waals surface area contributed by atoms with Crippen LogP contribution in [0, 0.1) is 0 Å². The summed E-state index contributed by atoms with van der Waals surface area (Å²) in [5, 5.41) is 12.3. The number of hydrogen-bond donors (Lipinski definition) is 1. The number of carbonyl (C=O) groups excluding carboxylic acids is 1. The Morgan fingerprint density at radius 3 is 2.82 bits per heavy atom. The van der Waals surface area contributed by atoms with Gasteiger partial charge in [-0.15, -0.1) is 0 Å². The van der Waals surface area contributed by atoms with Crippen LogP contribution in [0.4, 0.5) is 0 Å². The summed E-state index contributed by atoms with van der Waals surface area (Å²) >= 11 is 1.52. The van der Waals surface area contributed by atoms with Gasteiger partial charge in [0.25, 0.3) is 0 Å². The van der Waals surface area contributed by atoms with Crippen LogP contribution in [0.3, 0.4) is 0 Å². The van der Waals surface area contributed by atoms with E-state index in [0.29, 0.717) is 17.9 Å². The van der Waals surface area contributed by atoms with E-state index in [9.17, 15) is 9.90 Å². The third-order valence-electron chi connectivity index (χ3n) is 3.52. The van der Waals surface area contributed by atoms with Gasteiger partial charge in [0.05, 0.1) is 23.9 Å². The summed E-state index contributed by atoms with van der Waals surface area (Å²) in [7, 11) is 0. The van der Waals surface area contributed by atoms with Gasteiger partial charge in [-0.25, -0.2) is 9.79 Å². The van der Waals surface area contributed by atoms with Crippen LogP contribution in [0.2, 0.25) is 0 Å². The van der Waals surface area contributed by atoms with Crippen LogP contribution in [-0.4, -0.2) is 27.8 Å². The van der Waals surface area contributed by atoms with Gasteiger partial charge in [-0.2, -0.15) is 0 Å². The van der Waals surface area contributed by atoms with Gasteiger partial charge in [0.15, 0.2) is 5.17 Å². The molecular weight excluding hydrogens is 300 g/mol. The Hall–Kier alpha value is -2.21. The van der Waals surface area contributed by atoms with Gasteiger partial charge in [0.1, 0.15) is 5.75 Å². The van der Waals surface area contributed by atoms with E-state index in [0.717, 1.165) is 10.7 Å². The van der Waals surface area contributed by atoms with E-state index in [1.54, 1.807) is 19.1 Å². The number of aromatic hydroxyl groups is 1. The minimum atomic E-state index is -0.355. The highest BCUT2D eigenvalue weighted by Gasteiger charge is 2.37. The number of carbonyl (C=O) groups is 1. The summed E-state index contributed by atoms with van der Waals surface area (Å²) in [6.07, 6.45) is 1.91. The molecule has 0 bridgehead atoms. The number of amidine groups is 1. The number of ether oxygens (including phenoxy) is 1. The number of aliphatic imine (C=N–C) groups is 1. The Morgan fingerprint density at radius 2 is 2.14 bits per heavy atom. The second-order valence-corrected chi connectivity index (χ2v) is 5.79. The second kappa shape index (κ2) is 5.88. The molecule has 2 aliphatic heterocycles. The maximum absolute atomic E-state index is 12.4. The predicted molar refractivity (Wildman–Crippen MR) is 86.2 cm³/mol. The van der Waals surface area contributed by atoms with E-state index in [1.807, 2.05) is 35.6 Å². The van der Waals surface area contributed by atoms with Crippen LogP contribution in [0.15, 0.2) is 52.1 Å². The highest BCUT2D eigenvalue weighted by atomic mass is 32.2. The zero-order valence-electron chi connectivity index (χ0n) is 12.3. The number of esters is 1. The van der Waals surface area contributed by atoms with E-state index in [1.165, 1.54) is 11.8 Å². The third-order valence-corrected chi connectivity index (χ3v) is 4.30. The zero-order chi connectivity index (χ0) is 15.7. The van der Waals surface area contributed by atoms with Crippen molar-refractivity contribution in [3.63, 3.8) is 0 Å². The van der Waals surface area contributed by atoms with Gasteiger partial charge in [-0.3, -0.25) is 0 Å². The number of benzene rings is 1. The van der Waals surface area contributed by atoms with Crippen molar-refractivity contribution in [1.82, 2.24) is 4.90 Å². The molecular formula is C16H16N2O3S. The highest BCUT2D eigenvalue weighted by molar-refractivity contribution is 8.16. The van der Waals surface area contributed by atoms with Crippen molar-refractivity contribution in [2.45, 2.75) is 19.9 Å². The smallest absolute Gasteiger partial charge is 0.338 e. The van der Waals surface area contributed by atoms with Crippen LogP contribution >= 0.6 is 11.8 Å². The predicted octanol–water partition coefficient (Wildman–Crippen LogP) is 3.16. The van der Waals surface area contributed by atoms with Crippen molar-refractivity contribution in [3.8, 4) is 5.75 Å². The van der Waals surface area contributed by atoms with Crippen molar-refractivity contribution in [2.24, 2.45) is 4.99 Å². The Labute approximate surface area is 133 Å². The van der Waals surface area contributed by atoms with Gasteiger partial charge < -0.3 is 14.7 Å². The van der Waals surface area contributed by atoms with Crippen LogP contribution in [0.25, 0.3) is 0 Å². The standard InChI is InChI=1S/C16H16N2O3S/c1-3-21-15(20)13-10(2)17-16-18(8-9-22-16)14(13)11-4-6-12(19)7-5-11/h4-9,14,19H,3H2,1-2H3. The zero-order valence-corrected chi connectivity index (χ0v) is 13.1. The van der Waals surface area contributed by atoms with Crippen molar-refractivity contribution < 1.29 is 14.6 Å². The molecule has 1 atom stereocenters. The Morgan fingerprint density at radius 1 is 1.41 bits per heavy atom. The maximum atomic E-state index is 12.4. The largest absolute Gasteiger partial charge is 0.508 e. The number of rotatable bonds is 3. The molecule has 2 heterocycles. The molecule has 0 radical (unpaired) electrons. The average Bonchev–Trinajstić information content (AvgIpc) is 2.94. The summed E-state index contributed by atoms with van der Waals surface area (Å²) < 4.78 is 5.20. The Balaban J connectivity index is 2.09. The molecule has 0 saturated carbocycles. The number of phenolic OH excluding ortho intramolecular Hbond substituents is 1. The molecule has 0 aromatic heterocycles. The first-order valence-corrected chi connectivity index (χ1v) is 7.87. The first-order chi connectivity index (χ1) is 10.6. The van der Waals surface area contributed by atoms with Crippen molar-refractivity contribution >= 4 is 22.9 Å². The first kappa shape index (κ1) is 14.7. The first-order valence-electron chi connectivity index (χ1n) is 6.99. The van der Waals surface area contributed by atoms with E-state index in [-0.39, 0.29) is 17.8 Å². The molecule has 0 fully saturated rings. The second-order valence-electron chi connectivity index (χ2n) is 4.92. The summed E-state index contributed by atoms with van der Waals surface area (Å²) in [4.78, 5) is 18.8. The van der Waals surface area contributed by atoms with E-state index in [2.05, 4.69) is 4.99 Å². The lowest BCUT2D eigenvalue weighted by Gasteiger charge is -2.33. The highest BCUT2D eigenvalue weighted by Crippen LogP contribution is 2.41. The molecule has 22 heavy (non-hydrogen) atoms. The number of phenols is 1. The fourth-order valence-electron chi connectivity index (χ4n) is 2.55. The number of fused-ring (bicyclic) bond motifs is 1. The number of hydrogen-bond acceptors (Lipinski definition) is 6. The fourth-order valence-corrected chi connectivity index (χ4v) is 3.35. The lowest BCUT2D eigenvalue weighted by Crippen LogP contribution is -2.34. The lowest BCUT2D eigenvalue weighted by atomic mass is 9.95. The molecule has 5 nitrogen and oxygen atoms in total. The van der Waals surface area contributed by atoms with Gasteiger partial charge in [-0.1, -0.05) is 23.9 Å². The summed E-state index contributed by atoms with van der Waals surface area (Å²) in [5.74, 6) is -0.163. The lowest BCUT2D eigenvalue weighted by molar-refractivity contribution is -0.139. The number of nitrogens with zero attached hydrogens (tertiary/aromatic N) is 2. The molecule has 0 saturated heterocycles. The van der Waals surface area contributed by atoms with Gasteiger partial charge in [0, 0.05) is 6.20 Å². The quantitative estimate of drug-likeness (QED) is 0.868. The topological polar surface area (TPSA) is 62.1 Å². The van der Waals surface area contributed by atoms with E-state index >= 15 is 0 Å². The molecule has 6 heteroatoms. The minimum Gasteiger partial charge on any atom is -0.508 e. The van der Waals surface area contributed by atoms with Gasteiger partial charge in [-0.05, 0) is 37.0 Å². The van der Waals surface area contributed by atoms with Gasteiger partial charge >= 0.3 is 5.97 Å². The molecule has 3 rings (SSSR count). The molecule has 0 spiro atoms. The SMILES string of the molecule is CCOC(=O)C1=C(C)N=C2SC=CN2C1c1ccc(O)cc1. The summed E-state index contributed by atoms with van der Waals surface area (Å²) in [5.41, 5.74) is 2.10. The monoisotopic (exact) mass is 316 g/mol. The van der Waals surface area contributed by atoms with Crippen LogP contribution in [-0.2, 0) is 9.53 Å². The fraction of sp³-hybridized carbons (Fsp3) is 0.250. The van der Waals surface area contributed by atoms with Crippen LogP contribution in [0.1, 0.15) is 25.5 Å². The molecule has 1 aromatic carbocycles. The van der Waals surface area contributed by atoms with Crippen molar-refractivity contribution in [1.29, 1.82) is 0 Å². The van der Waals surface area contributed by atoms with Crippen molar-refractivity contribution in [3.05, 3.63) is 52.7 Å². The van der Waals surface area contributed by atoms with Gasteiger partial charge in [0.2, 0.25) is 0 Å². The molecule has 1 aromatic rings. The summed E-state index contributed by atoms with van der Waals surface area (Å²) in [6, 6.07) is 6.56.